The van der Waals surface area contributed by atoms with E-state index >= 15 is 0 Å². The first-order valence-corrected chi connectivity index (χ1v) is 7.77. The zero-order valence-electron chi connectivity index (χ0n) is 13.4. The molecular weight excluding hydrogens is 332 g/mol. The van der Waals surface area contributed by atoms with Gasteiger partial charge < -0.3 is 26.3 Å². The van der Waals surface area contributed by atoms with Gasteiger partial charge in [-0.15, -0.1) is 0 Å². The number of thioether (sulfide) groups is 1. The van der Waals surface area contributed by atoms with Crippen LogP contribution in [-0.2, 0) is 4.79 Å². The van der Waals surface area contributed by atoms with Crippen LogP contribution in [0.15, 0.2) is 23.4 Å². The Balaban J connectivity index is 2.06. The van der Waals surface area contributed by atoms with Crippen LogP contribution >= 0.6 is 11.8 Å². The second-order valence-corrected chi connectivity index (χ2v) is 5.96. The molecule has 128 valence electrons. The van der Waals surface area contributed by atoms with Gasteiger partial charge in [0.1, 0.15) is 0 Å². The molecule has 2 aromatic rings. The summed E-state index contributed by atoms with van der Waals surface area (Å²) in [7, 11) is 3.07. The highest BCUT2D eigenvalue weighted by Gasteiger charge is 2.18. The van der Waals surface area contributed by atoms with Crippen molar-refractivity contribution in [2.75, 3.05) is 31.0 Å². The Morgan fingerprint density at radius 1 is 1.12 bits per heavy atom. The molecule has 0 radical (unpaired) electrons. The van der Waals surface area contributed by atoms with Gasteiger partial charge in [0.05, 0.1) is 19.5 Å². The average Bonchev–Trinajstić information content (AvgIpc) is 2.53. The lowest BCUT2D eigenvalue weighted by molar-refractivity contribution is -0.115. The lowest BCUT2D eigenvalue weighted by atomic mass is 10.2. The van der Waals surface area contributed by atoms with E-state index in [1.165, 1.54) is 7.11 Å². The molecule has 0 saturated heterocycles. The van der Waals surface area contributed by atoms with Gasteiger partial charge in [-0.3, -0.25) is 4.79 Å². The van der Waals surface area contributed by atoms with E-state index < -0.39 is 5.25 Å². The number of carbonyl (C=O) groups excluding carboxylic acids is 1. The van der Waals surface area contributed by atoms with E-state index in [0.717, 1.165) is 11.8 Å². The predicted octanol–water partition coefficient (Wildman–Crippen LogP) is 1.17. The van der Waals surface area contributed by atoms with Gasteiger partial charge in [-0.2, -0.15) is 15.0 Å². The molecule has 0 aliphatic heterocycles. The molecule has 10 heteroatoms. The van der Waals surface area contributed by atoms with Crippen molar-refractivity contribution in [1.82, 2.24) is 15.0 Å². The summed E-state index contributed by atoms with van der Waals surface area (Å²) in [6.07, 6.45) is 0. The van der Waals surface area contributed by atoms with Crippen LogP contribution in [0.1, 0.15) is 6.92 Å². The summed E-state index contributed by atoms with van der Waals surface area (Å²) >= 11 is 1.13. The molecule has 1 aromatic heterocycles. The van der Waals surface area contributed by atoms with E-state index in [0.29, 0.717) is 17.2 Å². The zero-order valence-corrected chi connectivity index (χ0v) is 14.3. The average molecular weight is 350 g/mol. The molecule has 0 saturated carbocycles. The molecule has 0 spiro atoms. The number of nitrogen functional groups attached to an aromatic ring is 2. The maximum absolute atomic E-state index is 12.3. The van der Waals surface area contributed by atoms with Crippen LogP contribution in [0.4, 0.5) is 17.6 Å². The summed E-state index contributed by atoms with van der Waals surface area (Å²) < 4.78 is 10.4. The highest BCUT2D eigenvalue weighted by molar-refractivity contribution is 8.00. The Morgan fingerprint density at radius 2 is 1.75 bits per heavy atom. The van der Waals surface area contributed by atoms with Crippen LogP contribution in [-0.4, -0.2) is 40.3 Å². The Bertz CT molecular complexity index is 722. The van der Waals surface area contributed by atoms with Crippen molar-refractivity contribution >= 4 is 35.3 Å². The van der Waals surface area contributed by atoms with Crippen LogP contribution in [0.3, 0.4) is 0 Å². The summed E-state index contributed by atoms with van der Waals surface area (Å²) in [6, 6.07) is 5.10. The van der Waals surface area contributed by atoms with Crippen molar-refractivity contribution in [2.45, 2.75) is 17.3 Å². The van der Waals surface area contributed by atoms with Crippen molar-refractivity contribution in [3.63, 3.8) is 0 Å². The van der Waals surface area contributed by atoms with Gasteiger partial charge in [-0.25, -0.2) is 0 Å². The number of amides is 1. The monoisotopic (exact) mass is 350 g/mol. The summed E-state index contributed by atoms with van der Waals surface area (Å²) in [5.41, 5.74) is 11.6. The number of hydrogen-bond donors (Lipinski definition) is 3. The Morgan fingerprint density at radius 3 is 2.33 bits per heavy atom. The minimum absolute atomic E-state index is 0.0116. The fraction of sp³-hybridized carbons (Fsp3) is 0.286. The standard InChI is InChI=1S/C14H18N6O3S/c1-7(24-14-19-12(15)18-13(16)20-14)11(21)17-8-4-5-9(22-2)10(6-8)23-3/h4-7H,1-3H3,(H,17,21)(H4,15,16,18,19,20)/t7-/m1/s1. The zero-order chi connectivity index (χ0) is 17.7. The van der Waals surface area contributed by atoms with Crippen LogP contribution < -0.4 is 26.3 Å². The normalized spacial score (nSPS) is 11.6. The van der Waals surface area contributed by atoms with E-state index in [4.69, 9.17) is 20.9 Å². The van der Waals surface area contributed by atoms with Crippen molar-refractivity contribution in [2.24, 2.45) is 0 Å². The number of nitrogens with zero attached hydrogens (tertiary/aromatic N) is 3. The highest BCUT2D eigenvalue weighted by atomic mass is 32.2. The molecule has 0 aliphatic carbocycles. The fourth-order valence-electron chi connectivity index (χ4n) is 1.81. The van der Waals surface area contributed by atoms with Gasteiger partial charge in [0.15, 0.2) is 16.7 Å². The van der Waals surface area contributed by atoms with Gasteiger partial charge in [-0.1, -0.05) is 11.8 Å². The summed E-state index contributed by atoms with van der Waals surface area (Å²) in [4.78, 5) is 23.9. The molecule has 0 aliphatic rings. The molecule has 2 rings (SSSR count). The number of hydrogen-bond acceptors (Lipinski definition) is 9. The Kier molecular flexibility index (Phi) is 5.64. The number of carbonyl (C=O) groups is 1. The maximum atomic E-state index is 12.3. The fourth-order valence-corrected chi connectivity index (χ4v) is 2.59. The number of rotatable bonds is 6. The van der Waals surface area contributed by atoms with E-state index in [9.17, 15) is 4.79 Å². The minimum Gasteiger partial charge on any atom is -0.493 e. The molecular formula is C14H18N6O3S. The third-order valence-electron chi connectivity index (χ3n) is 2.95. The quantitative estimate of drug-likeness (QED) is 0.655. The maximum Gasteiger partial charge on any atom is 0.237 e. The molecule has 1 heterocycles. The smallest absolute Gasteiger partial charge is 0.237 e. The molecule has 9 nitrogen and oxygen atoms in total. The molecule has 5 N–H and O–H groups in total. The lowest BCUT2D eigenvalue weighted by Gasteiger charge is -2.13. The summed E-state index contributed by atoms with van der Waals surface area (Å²) in [5, 5.41) is 2.60. The van der Waals surface area contributed by atoms with Crippen molar-refractivity contribution < 1.29 is 14.3 Å². The van der Waals surface area contributed by atoms with Crippen LogP contribution in [0.5, 0.6) is 11.5 Å². The second-order valence-electron chi connectivity index (χ2n) is 4.65. The largest absolute Gasteiger partial charge is 0.493 e. The van der Waals surface area contributed by atoms with E-state index in [-0.39, 0.29) is 23.0 Å². The molecule has 0 fully saturated rings. The molecule has 24 heavy (non-hydrogen) atoms. The topological polar surface area (TPSA) is 138 Å². The number of nitrogens with one attached hydrogen (secondary N) is 1. The molecule has 1 atom stereocenters. The first-order chi connectivity index (χ1) is 11.4. The Labute approximate surface area is 143 Å². The number of ether oxygens (including phenoxy) is 2. The number of methoxy groups -OCH3 is 2. The van der Waals surface area contributed by atoms with Crippen LogP contribution in [0, 0.1) is 0 Å². The SMILES string of the molecule is COc1ccc(NC(=O)[C@@H](C)Sc2nc(N)nc(N)n2)cc1OC. The molecule has 0 bridgehead atoms. The molecule has 0 unspecified atom stereocenters. The van der Waals surface area contributed by atoms with Crippen LogP contribution in [0.25, 0.3) is 0 Å². The Hall–Kier alpha value is -2.75. The van der Waals surface area contributed by atoms with Gasteiger partial charge in [0, 0.05) is 11.8 Å². The second kappa shape index (κ2) is 7.68. The molecule has 1 aromatic carbocycles. The van der Waals surface area contributed by atoms with Crippen molar-refractivity contribution in [3.05, 3.63) is 18.2 Å². The third-order valence-corrected chi connectivity index (χ3v) is 3.91. The lowest BCUT2D eigenvalue weighted by Crippen LogP contribution is -2.23. The molecule has 1 amide bonds. The van der Waals surface area contributed by atoms with Gasteiger partial charge in [0.25, 0.3) is 0 Å². The minimum atomic E-state index is -0.473. The van der Waals surface area contributed by atoms with E-state index in [1.54, 1.807) is 32.2 Å². The van der Waals surface area contributed by atoms with Crippen molar-refractivity contribution in [1.29, 1.82) is 0 Å². The summed E-state index contributed by atoms with van der Waals surface area (Å²) in [5.74, 6) is 0.891. The van der Waals surface area contributed by atoms with Gasteiger partial charge in [-0.05, 0) is 19.1 Å². The summed E-state index contributed by atoms with van der Waals surface area (Å²) in [6.45, 7) is 1.72. The predicted molar refractivity (Wildman–Crippen MR) is 92.1 cm³/mol. The number of aromatic nitrogens is 3. The number of anilines is 3. The van der Waals surface area contributed by atoms with E-state index in [2.05, 4.69) is 20.3 Å². The van der Waals surface area contributed by atoms with Crippen LogP contribution in [0.2, 0.25) is 0 Å². The highest BCUT2D eigenvalue weighted by Crippen LogP contribution is 2.30. The number of benzene rings is 1. The van der Waals surface area contributed by atoms with E-state index in [1.807, 2.05) is 0 Å². The third kappa shape index (κ3) is 4.38. The van der Waals surface area contributed by atoms with Gasteiger partial charge in [0.2, 0.25) is 17.8 Å². The van der Waals surface area contributed by atoms with Gasteiger partial charge >= 0.3 is 0 Å². The van der Waals surface area contributed by atoms with Crippen molar-refractivity contribution in [3.8, 4) is 11.5 Å². The first kappa shape index (κ1) is 17.6. The number of nitrogens with two attached hydrogens (primary N) is 2. The first-order valence-electron chi connectivity index (χ1n) is 6.89.